The molecule has 2 N–H and O–H groups in total. The minimum absolute atomic E-state index is 0. The number of ether oxygens (including phenoxy) is 1. The molecule has 4 nitrogen and oxygen atoms in total. The minimum atomic E-state index is -0.544. The summed E-state index contributed by atoms with van der Waals surface area (Å²) < 4.78 is 5.31. The molecule has 0 aliphatic carbocycles. The summed E-state index contributed by atoms with van der Waals surface area (Å²) in [5.41, 5.74) is 11.9. The van der Waals surface area contributed by atoms with Crippen LogP contribution in [0.5, 0.6) is 5.75 Å². The van der Waals surface area contributed by atoms with Gasteiger partial charge in [-0.25, -0.2) is 0 Å². The number of carbonyl (C=O) groups is 1. The first-order valence-electron chi connectivity index (χ1n) is 8.80. The van der Waals surface area contributed by atoms with Gasteiger partial charge in [0.25, 0.3) is 0 Å². The number of anilines is 1. The zero-order valence-electron chi connectivity index (χ0n) is 15.6. The highest BCUT2D eigenvalue weighted by Crippen LogP contribution is 2.28. The van der Waals surface area contributed by atoms with E-state index in [0.717, 1.165) is 47.5 Å². The number of hydrogen-bond donors (Lipinski definition) is 1. The van der Waals surface area contributed by atoms with Crippen LogP contribution in [0.1, 0.15) is 28.7 Å². The molecule has 0 saturated heterocycles. The number of methoxy groups -OCH3 is 1. The van der Waals surface area contributed by atoms with E-state index >= 15 is 0 Å². The average molecular weight is 375 g/mol. The van der Waals surface area contributed by atoms with Crippen molar-refractivity contribution in [1.82, 2.24) is 0 Å². The Kier molecular flexibility index (Phi) is 6.68. The highest BCUT2D eigenvalue weighted by atomic mass is 35.5. The highest BCUT2D eigenvalue weighted by molar-refractivity contribution is 5.98. The van der Waals surface area contributed by atoms with Crippen LogP contribution in [0, 0.1) is 13.8 Å². The van der Waals surface area contributed by atoms with Gasteiger partial charge in [0, 0.05) is 12.2 Å². The number of nitrogens with two attached hydrogens (primary N) is 1. The van der Waals surface area contributed by atoms with E-state index in [9.17, 15) is 4.79 Å². The van der Waals surface area contributed by atoms with Gasteiger partial charge in [0.2, 0.25) is 5.91 Å². The van der Waals surface area contributed by atoms with Crippen molar-refractivity contribution < 1.29 is 9.53 Å². The maximum atomic E-state index is 13.0. The quantitative estimate of drug-likeness (QED) is 0.889. The van der Waals surface area contributed by atoms with Crippen LogP contribution < -0.4 is 15.4 Å². The molecule has 140 valence electrons. The Bertz CT molecular complexity index is 768. The first-order valence-corrected chi connectivity index (χ1v) is 8.80. The Balaban J connectivity index is 0.00000243. The number of fused-ring (bicyclic) bond motifs is 1. The fourth-order valence-electron chi connectivity index (χ4n) is 3.66. The lowest BCUT2D eigenvalue weighted by atomic mass is 9.94. The molecule has 0 aromatic heterocycles. The molecule has 2 aromatic carbocycles. The van der Waals surface area contributed by atoms with Crippen LogP contribution >= 0.6 is 12.4 Å². The summed E-state index contributed by atoms with van der Waals surface area (Å²) in [5.74, 6) is 0.838. The number of hydrogen-bond acceptors (Lipinski definition) is 3. The van der Waals surface area contributed by atoms with Gasteiger partial charge in [-0.1, -0.05) is 18.2 Å². The normalized spacial score (nSPS) is 14.2. The lowest BCUT2D eigenvalue weighted by Crippen LogP contribution is -2.47. The molecule has 1 heterocycles. The molecule has 26 heavy (non-hydrogen) atoms. The number of amides is 1. The van der Waals surface area contributed by atoms with Gasteiger partial charge >= 0.3 is 0 Å². The molecule has 5 heteroatoms. The van der Waals surface area contributed by atoms with E-state index in [1.807, 2.05) is 49.1 Å². The SMILES string of the molecule is COc1cc(C)c(C[C@H](N)C(=O)N2CCCc3ccccc32)c(C)c1.Cl. The van der Waals surface area contributed by atoms with Gasteiger partial charge in [-0.3, -0.25) is 4.79 Å². The van der Waals surface area contributed by atoms with Crippen molar-refractivity contribution in [3.05, 3.63) is 58.7 Å². The van der Waals surface area contributed by atoms with Crippen molar-refractivity contribution in [2.75, 3.05) is 18.6 Å². The molecular weight excluding hydrogens is 348 g/mol. The maximum Gasteiger partial charge on any atom is 0.244 e. The molecule has 0 spiro atoms. The number of halogens is 1. The maximum absolute atomic E-state index is 13.0. The Hall–Kier alpha value is -2.04. The molecular formula is C21H27ClN2O2. The van der Waals surface area contributed by atoms with Crippen molar-refractivity contribution in [2.24, 2.45) is 5.73 Å². The third kappa shape index (κ3) is 4.02. The summed E-state index contributed by atoms with van der Waals surface area (Å²) >= 11 is 0. The van der Waals surface area contributed by atoms with Gasteiger partial charge < -0.3 is 15.4 Å². The van der Waals surface area contributed by atoms with E-state index in [2.05, 4.69) is 6.07 Å². The predicted octanol–water partition coefficient (Wildman–Crippen LogP) is 3.58. The summed E-state index contributed by atoms with van der Waals surface area (Å²) in [7, 11) is 1.66. The second-order valence-corrected chi connectivity index (χ2v) is 6.77. The lowest BCUT2D eigenvalue weighted by Gasteiger charge is -2.31. The topological polar surface area (TPSA) is 55.6 Å². The molecule has 1 amide bonds. The molecule has 1 aliphatic rings. The lowest BCUT2D eigenvalue weighted by molar-refractivity contribution is -0.119. The van der Waals surface area contributed by atoms with Crippen LogP contribution in [-0.2, 0) is 17.6 Å². The van der Waals surface area contributed by atoms with Crippen molar-refractivity contribution in [3.8, 4) is 5.75 Å². The first kappa shape index (κ1) is 20.3. The monoisotopic (exact) mass is 374 g/mol. The minimum Gasteiger partial charge on any atom is -0.497 e. The molecule has 0 saturated carbocycles. The number of rotatable bonds is 4. The number of benzene rings is 2. The second-order valence-electron chi connectivity index (χ2n) is 6.77. The smallest absolute Gasteiger partial charge is 0.244 e. The van der Waals surface area contributed by atoms with Gasteiger partial charge in [-0.2, -0.15) is 0 Å². The summed E-state index contributed by atoms with van der Waals surface area (Å²) in [6, 6.07) is 11.6. The summed E-state index contributed by atoms with van der Waals surface area (Å²) in [4.78, 5) is 14.8. The van der Waals surface area contributed by atoms with Crippen molar-refractivity contribution in [2.45, 2.75) is 39.2 Å². The molecule has 0 bridgehead atoms. The molecule has 0 fully saturated rings. The van der Waals surface area contributed by atoms with Gasteiger partial charge in [0.05, 0.1) is 13.2 Å². The summed E-state index contributed by atoms with van der Waals surface area (Å²) in [5, 5.41) is 0. The van der Waals surface area contributed by atoms with Crippen LogP contribution in [0.3, 0.4) is 0 Å². The largest absolute Gasteiger partial charge is 0.497 e. The van der Waals surface area contributed by atoms with Gasteiger partial charge in [-0.05, 0) is 73.6 Å². The number of nitrogens with zero attached hydrogens (tertiary/aromatic N) is 1. The van der Waals surface area contributed by atoms with Crippen molar-refractivity contribution in [3.63, 3.8) is 0 Å². The van der Waals surface area contributed by atoms with E-state index in [1.165, 1.54) is 5.56 Å². The van der Waals surface area contributed by atoms with Crippen molar-refractivity contribution in [1.29, 1.82) is 0 Å². The van der Waals surface area contributed by atoms with Crippen LogP contribution in [0.4, 0.5) is 5.69 Å². The Labute approximate surface area is 161 Å². The van der Waals surface area contributed by atoms with Crippen molar-refractivity contribution >= 4 is 24.0 Å². The predicted molar refractivity (Wildman–Crippen MR) is 109 cm³/mol. The van der Waals surface area contributed by atoms with Crippen LogP contribution in [0.25, 0.3) is 0 Å². The first-order chi connectivity index (χ1) is 12.0. The summed E-state index contributed by atoms with van der Waals surface area (Å²) in [6.07, 6.45) is 2.54. The van der Waals surface area contributed by atoms with Gasteiger partial charge in [0.1, 0.15) is 5.75 Å². The van der Waals surface area contributed by atoms with E-state index in [1.54, 1.807) is 7.11 Å². The van der Waals surface area contributed by atoms with Gasteiger partial charge in [0.15, 0.2) is 0 Å². The van der Waals surface area contributed by atoms with Crippen LogP contribution in [0.2, 0.25) is 0 Å². The molecule has 1 atom stereocenters. The Morgan fingerprint density at radius 2 is 1.88 bits per heavy atom. The standard InChI is InChI=1S/C21H26N2O2.ClH/c1-14-11-17(25-3)12-15(2)18(14)13-19(22)21(24)23-10-6-8-16-7-4-5-9-20(16)23;/h4-5,7,9,11-12,19H,6,8,10,13,22H2,1-3H3;1H/t19-;/m0./s1. The molecule has 0 radical (unpaired) electrons. The highest BCUT2D eigenvalue weighted by Gasteiger charge is 2.27. The fourth-order valence-corrected chi connectivity index (χ4v) is 3.66. The molecule has 1 aliphatic heterocycles. The molecule has 3 rings (SSSR count). The van der Waals surface area contributed by atoms with Crippen LogP contribution in [0.15, 0.2) is 36.4 Å². The third-order valence-electron chi connectivity index (χ3n) is 5.02. The zero-order valence-corrected chi connectivity index (χ0v) is 16.4. The van der Waals surface area contributed by atoms with E-state index in [-0.39, 0.29) is 18.3 Å². The molecule has 2 aromatic rings. The van der Waals surface area contributed by atoms with E-state index in [4.69, 9.17) is 10.5 Å². The number of para-hydroxylation sites is 1. The Morgan fingerprint density at radius 1 is 1.23 bits per heavy atom. The van der Waals surface area contributed by atoms with E-state index in [0.29, 0.717) is 6.42 Å². The number of carbonyl (C=O) groups excluding carboxylic acids is 1. The number of aryl methyl sites for hydroxylation is 3. The van der Waals surface area contributed by atoms with Crippen LogP contribution in [-0.4, -0.2) is 25.6 Å². The third-order valence-corrected chi connectivity index (χ3v) is 5.02. The Morgan fingerprint density at radius 3 is 2.54 bits per heavy atom. The van der Waals surface area contributed by atoms with E-state index < -0.39 is 6.04 Å². The average Bonchev–Trinajstić information content (AvgIpc) is 2.63. The molecule has 0 unspecified atom stereocenters. The second kappa shape index (κ2) is 8.56. The fraction of sp³-hybridized carbons (Fsp3) is 0.381. The zero-order chi connectivity index (χ0) is 18.0. The summed E-state index contributed by atoms with van der Waals surface area (Å²) in [6.45, 7) is 4.82. The van der Waals surface area contributed by atoms with Gasteiger partial charge in [-0.15, -0.1) is 12.4 Å².